The third kappa shape index (κ3) is 4.97. The zero-order valence-corrected chi connectivity index (χ0v) is 18.1. The molecular weight excluding hydrogens is 402 g/mol. The molecule has 0 spiro atoms. The lowest BCUT2D eigenvalue weighted by molar-refractivity contribution is 0.121. The minimum Gasteiger partial charge on any atom is -0.384 e. The molecule has 9 heteroatoms. The average Bonchev–Trinajstić information content (AvgIpc) is 3.23. The summed E-state index contributed by atoms with van der Waals surface area (Å²) in [6, 6.07) is 11.7. The zero-order chi connectivity index (χ0) is 21.0. The highest BCUT2D eigenvalue weighted by Gasteiger charge is 2.33. The topological polar surface area (TPSA) is 87.7 Å². The Morgan fingerprint density at radius 3 is 2.60 bits per heavy atom. The molecule has 1 atom stereocenters. The molecule has 1 aromatic heterocycles. The van der Waals surface area contributed by atoms with Crippen LogP contribution in [-0.2, 0) is 14.9 Å². The molecule has 2 aliphatic heterocycles. The van der Waals surface area contributed by atoms with Gasteiger partial charge in [-0.25, -0.2) is 9.97 Å². The van der Waals surface area contributed by atoms with Gasteiger partial charge in [-0.3, -0.25) is 0 Å². The monoisotopic (exact) mass is 431 g/mol. The van der Waals surface area contributed by atoms with Crippen LogP contribution in [0.5, 0.6) is 0 Å². The second kappa shape index (κ2) is 9.38. The van der Waals surface area contributed by atoms with Crippen molar-refractivity contribution >= 4 is 16.2 Å². The van der Waals surface area contributed by atoms with Crippen molar-refractivity contribution in [2.75, 3.05) is 44.8 Å². The molecule has 3 heterocycles. The number of nitrogens with zero attached hydrogens (tertiary/aromatic N) is 4. The fourth-order valence-electron chi connectivity index (χ4n) is 4.15. The van der Waals surface area contributed by atoms with Crippen LogP contribution < -0.4 is 9.62 Å². The lowest BCUT2D eigenvalue weighted by Gasteiger charge is -2.31. The van der Waals surface area contributed by atoms with Crippen LogP contribution >= 0.6 is 0 Å². The highest BCUT2D eigenvalue weighted by Crippen LogP contribution is 2.23. The van der Waals surface area contributed by atoms with Gasteiger partial charge in [-0.15, -0.1) is 0 Å². The molecule has 30 heavy (non-hydrogen) atoms. The highest BCUT2D eigenvalue weighted by atomic mass is 32.2. The maximum absolute atomic E-state index is 12.8. The van der Waals surface area contributed by atoms with Gasteiger partial charge in [0.2, 0.25) is 5.95 Å². The van der Waals surface area contributed by atoms with E-state index < -0.39 is 10.2 Å². The number of piperidine rings is 1. The van der Waals surface area contributed by atoms with E-state index >= 15 is 0 Å². The standard InChI is InChI=1S/C21H29N5O3S/c1-29-16-17-8-13-26(14-9-17)30(27,28)24-19-10-12-25(15-19)21-22-11-7-20(23-21)18-5-3-2-4-6-18/h2-7,11,17,19,24H,8-10,12-16H2,1H3. The third-order valence-corrected chi connectivity index (χ3v) is 7.49. The van der Waals surface area contributed by atoms with E-state index in [1.165, 1.54) is 0 Å². The molecule has 0 saturated carbocycles. The second-order valence-electron chi connectivity index (χ2n) is 7.96. The van der Waals surface area contributed by atoms with Crippen LogP contribution in [0.1, 0.15) is 19.3 Å². The zero-order valence-electron chi connectivity index (χ0n) is 17.3. The summed E-state index contributed by atoms with van der Waals surface area (Å²) in [4.78, 5) is 11.1. The molecule has 2 aliphatic rings. The number of benzene rings is 1. The van der Waals surface area contributed by atoms with E-state index in [4.69, 9.17) is 4.74 Å². The average molecular weight is 432 g/mol. The van der Waals surface area contributed by atoms with Crippen molar-refractivity contribution in [3.8, 4) is 11.3 Å². The molecular formula is C21H29N5O3S. The SMILES string of the molecule is COCC1CCN(S(=O)(=O)NC2CCN(c3nccc(-c4ccccc4)n3)C2)CC1. The minimum atomic E-state index is -3.49. The molecule has 2 fully saturated rings. The lowest BCUT2D eigenvalue weighted by atomic mass is 9.99. The van der Waals surface area contributed by atoms with Crippen LogP contribution in [0.3, 0.4) is 0 Å². The van der Waals surface area contributed by atoms with Crippen molar-refractivity contribution in [1.82, 2.24) is 19.0 Å². The number of nitrogens with one attached hydrogen (secondary N) is 1. The van der Waals surface area contributed by atoms with Crippen molar-refractivity contribution in [3.63, 3.8) is 0 Å². The van der Waals surface area contributed by atoms with E-state index in [0.29, 0.717) is 38.1 Å². The maximum atomic E-state index is 12.8. The Morgan fingerprint density at radius 1 is 1.10 bits per heavy atom. The predicted octanol–water partition coefficient (Wildman–Crippen LogP) is 1.92. The minimum absolute atomic E-state index is 0.143. The summed E-state index contributed by atoms with van der Waals surface area (Å²) in [5, 5.41) is 0. The lowest BCUT2D eigenvalue weighted by Crippen LogP contribution is -2.49. The molecule has 162 valence electrons. The summed E-state index contributed by atoms with van der Waals surface area (Å²) in [7, 11) is -1.80. The van der Waals surface area contributed by atoms with Gasteiger partial charge in [0.15, 0.2) is 0 Å². The van der Waals surface area contributed by atoms with E-state index in [1.807, 2.05) is 41.3 Å². The van der Waals surface area contributed by atoms with Crippen LogP contribution in [0.15, 0.2) is 42.6 Å². The summed E-state index contributed by atoms with van der Waals surface area (Å²) in [6.45, 7) is 3.07. The van der Waals surface area contributed by atoms with Crippen molar-refractivity contribution in [3.05, 3.63) is 42.6 Å². The van der Waals surface area contributed by atoms with E-state index in [1.54, 1.807) is 17.6 Å². The summed E-state index contributed by atoms with van der Waals surface area (Å²) < 4.78 is 35.3. The van der Waals surface area contributed by atoms with Gasteiger partial charge in [-0.2, -0.15) is 17.4 Å². The number of aromatic nitrogens is 2. The summed E-state index contributed by atoms with van der Waals surface area (Å²) >= 11 is 0. The summed E-state index contributed by atoms with van der Waals surface area (Å²) in [5.74, 6) is 1.08. The Bertz CT molecular complexity index is 933. The number of anilines is 1. The Kier molecular flexibility index (Phi) is 6.62. The fraction of sp³-hybridized carbons (Fsp3) is 0.524. The smallest absolute Gasteiger partial charge is 0.279 e. The number of ether oxygens (including phenoxy) is 1. The summed E-state index contributed by atoms with van der Waals surface area (Å²) in [6.07, 6.45) is 4.17. The van der Waals surface area contributed by atoms with Gasteiger partial charge >= 0.3 is 0 Å². The van der Waals surface area contributed by atoms with Crippen molar-refractivity contribution in [2.24, 2.45) is 5.92 Å². The Hall–Kier alpha value is -2.07. The largest absolute Gasteiger partial charge is 0.384 e. The molecule has 1 N–H and O–H groups in total. The van der Waals surface area contributed by atoms with E-state index in [-0.39, 0.29) is 6.04 Å². The van der Waals surface area contributed by atoms with Crippen LogP contribution in [0.25, 0.3) is 11.3 Å². The van der Waals surface area contributed by atoms with Crippen LogP contribution in [0.4, 0.5) is 5.95 Å². The first-order valence-electron chi connectivity index (χ1n) is 10.4. The van der Waals surface area contributed by atoms with Crippen LogP contribution in [-0.4, -0.2) is 68.6 Å². The first-order chi connectivity index (χ1) is 14.5. The van der Waals surface area contributed by atoms with Crippen molar-refractivity contribution in [2.45, 2.75) is 25.3 Å². The van der Waals surface area contributed by atoms with Crippen LogP contribution in [0, 0.1) is 5.92 Å². The molecule has 2 saturated heterocycles. The van der Waals surface area contributed by atoms with E-state index in [9.17, 15) is 8.42 Å². The normalized spacial score (nSPS) is 21.2. The van der Waals surface area contributed by atoms with Crippen molar-refractivity contribution < 1.29 is 13.2 Å². The van der Waals surface area contributed by atoms with E-state index in [0.717, 1.165) is 37.1 Å². The van der Waals surface area contributed by atoms with Crippen LogP contribution in [0.2, 0.25) is 0 Å². The molecule has 0 aliphatic carbocycles. The van der Waals surface area contributed by atoms with E-state index in [2.05, 4.69) is 14.7 Å². The molecule has 4 rings (SSSR count). The molecule has 1 unspecified atom stereocenters. The van der Waals surface area contributed by atoms with Gasteiger partial charge in [-0.1, -0.05) is 30.3 Å². The highest BCUT2D eigenvalue weighted by molar-refractivity contribution is 7.87. The Morgan fingerprint density at radius 2 is 1.87 bits per heavy atom. The van der Waals surface area contributed by atoms with Gasteiger partial charge in [0.05, 0.1) is 5.69 Å². The molecule has 0 radical (unpaired) electrons. The quantitative estimate of drug-likeness (QED) is 0.721. The number of hydrogen-bond donors (Lipinski definition) is 1. The summed E-state index contributed by atoms with van der Waals surface area (Å²) in [5.41, 5.74) is 1.90. The van der Waals surface area contributed by atoms with Gasteiger partial charge in [0.1, 0.15) is 0 Å². The number of rotatable bonds is 7. The molecule has 2 aromatic rings. The predicted molar refractivity (Wildman–Crippen MR) is 116 cm³/mol. The number of methoxy groups -OCH3 is 1. The molecule has 0 bridgehead atoms. The fourth-order valence-corrected chi connectivity index (χ4v) is 5.60. The van der Waals surface area contributed by atoms with Gasteiger partial charge in [0.25, 0.3) is 10.2 Å². The van der Waals surface area contributed by atoms with Crippen molar-refractivity contribution in [1.29, 1.82) is 0 Å². The Balaban J connectivity index is 1.36. The molecule has 0 amide bonds. The number of hydrogen-bond acceptors (Lipinski definition) is 6. The van der Waals surface area contributed by atoms with Gasteiger partial charge in [0, 0.05) is 57.7 Å². The maximum Gasteiger partial charge on any atom is 0.279 e. The first-order valence-corrected chi connectivity index (χ1v) is 11.9. The van der Waals surface area contributed by atoms with Gasteiger partial charge in [-0.05, 0) is 31.2 Å². The Labute approximate surface area is 178 Å². The molecule has 1 aromatic carbocycles. The molecule has 8 nitrogen and oxygen atoms in total. The third-order valence-electron chi connectivity index (χ3n) is 5.81. The second-order valence-corrected chi connectivity index (χ2v) is 9.66. The van der Waals surface area contributed by atoms with Gasteiger partial charge < -0.3 is 9.64 Å². The first kappa shape index (κ1) is 21.2.